The lowest BCUT2D eigenvalue weighted by atomic mass is 10.0. The molecule has 0 atom stereocenters. The molecule has 2 aromatic heterocycles. The average Bonchev–Trinajstić information content (AvgIpc) is 2.53. The van der Waals surface area contributed by atoms with E-state index in [9.17, 15) is 13.2 Å². The molecule has 0 radical (unpaired) electrons. The number of hydrogen-bond donors (Lipinski definition) is 3. The lowest BCUT2D eigenvalue weighted by Crippen LogP contribution is -2.34. The van der Waals surface area contributed by atoms with E-state index in [1.807, 2.05) is 6.07 Å². The monoisotopic (exact) mass is 365 g/mol. The summed E-state index contributed by atoms with van der Waals surface area (Å²) in [4.78, 5) is 11.5. The molecule has 2 aromatic rings. The number of nitriles is 1. The fourth-order valence-corrected chi connectivity index (χ4v) is 1.95. The van der Waals surface area contributed by atoms with Crippen molar-refractivity contribution >= 4 is 17.5 Å². The first-order valence-corrected chi connectivity index (χ1v) is 7.69. The van der Waals surface area contributed by atoms with Crippen LogP contribution in [-0.4, -0.2) is 27.0 Å². The molecule has 0 spiro atoms. The lowest BCUT2D eigenvalue weighted by molar-refractivity contribution is -0.137. The molecule has 4 N–H and O–H groups in total. The highest BCUT2D eigenvalue weighted by atomic mass is 19.4. The molecule has 0 fully saturated rings. The highest BCUT2D eigenvalue weighted by Crippen LogP contribution is 2.34. The Balaban J connectivity index is 2.22. The van der Waals surface area contributed by atoms with Gasteiger partial charge in [-0.25, -0.2) is 9.97 Å². The molecule has 0 aliphatic carbocycles. The molecule has 138 valence electrons. The third-order valence-corrected chi connectivity index (χ3v) is 3.29. The summed E-state index contributed by atoms with van der Waals surface area (Å²) in [6, 6.07) is 4.89. The van der Waals surface area contributed by atoms with Crippen molar-refractivity contribution in [3.05, 3.63) is 35.8 Å². The first kappa shape index (κ1) is 19.4. The Bertz CT molecular complexity index is 789. The molecule has 0 aliphatic heterocycles. The van der Waals surface area contributed by atoms with Gasteiger partial charge in [0.15, 0.2) is 0 Å². The van der Waals surface area contributed by atoms with Gasteiger partial charge in [0, 0.05) is 18.3 Å². The van der Waals surface area contributed by atoms with E-state index >= 15 is 0 Å². The van der Waals surface area contributed by atoms with Gasteiger partial charge in [-0.2, -0.15) is 23.4 Å². The Morgan fingerprint density at radius 3 is 2.46 bits per heavy atom. The van der Waals surface area contributed by atoms with E-state index in [4.69, 9.17) is 11.0 Å². The van der Waals surface area contributed by atoms with Crippen LogP contribution in [0.3, 0.4) is 0 Å². The Morgan fingerprint density at radius 1 is 1.19 bits per heavy atom. The number of nitrogens with one attached hydrogen (secondary N) is 2. The second kappa shape index (κ2) is 7.53. The van der Waals surface area contributed by atoms with Gasteiger partial charge in [0.25, 0.3) is 0 Å². The zero-order chi connectivity index (χ0) is 19.4. The summed E-state index contributed by atoms with van der Waals surface area (Å²) >= 11 is 0. The number of nitrogens with two attached hydrogens (primary N) is 1. The number of rotatable bonds is 6. The van der Waals surface area contributed by atoms with Crippen molar-refractivity contribution in [2.45, 2.75) is 32.0 Å². The van der Waals surface area contributed by atoms with Gasteiger partial charge in [0.2, 0.25) is 5.95 Å². The smallest absolute Gasteiger partial charge is 0.369 e. The zero-order valence-corrected chi connectivity index (χ0v) is 14.2. The molecular weight excluding hydrogens is 347 g/mol. The fourth-order valence-electron chi connectivity index (χ4n) is 1.95. The van der Waals surface area contributed by atoms with Crippen LogP contribution in [0, 0.1) is 11.3 Å². The SMILES string of the molecule is CC(C)(N)CCNc1nc(Nc2ccc(C#N)nc2)ncc1C(F)(F)F. The van der Waals surface area contributed by atoms with E-state index in [0.717, 1.165) is 0 Å². The van der Waals surface area contributed by atoms with Crippen molar-refractivity contribution in [3.8, 4) is 6.07 Å². The second-order valence-corrected chi connectivity index (χ2v) is 6.29. The van der Waals surface area contributed by atoms with E-state index in [2.05, 4.69) is 25.6 Å². The Hall–Kier alpha value is -2.93. The minimum atomic E-state index is -4.59. The van der Waals surface area contributed by atoms with E-state index in [1.54, 1.807) is 19.9 Å². The Morgan fingerprint density at radius 2 is 1.92 bits per heavy atom. The van der Waals surface area contributed by atoms with Crippen molar-refractivity contribution < 1.29 is 13.2 Å². The molecule has 0 amide bonds. The van der Waals surface area contributed by atoms with Gasteiger partial charge in [-0.15, -0.1) is 0 Å². The van der Waals surface area contributed by atoms with Gasteiger partial charge < -0.3 is 16.4 Å². The molecule has 2 heterocycles. The van der Waals surface area contributed by atoms with Gasteiger partial charge >= 0.3 is 6.18 Å². The summed E-state index contributed by atoms with van der Waals surface area (Å²) in [6.07, 6.45) is -2.06. The summed E-state index contributed by atoms with van der Waals surface area (Å²) in [5.41, 5.74) is 5.02. The highest BCUT2D eigenvalue weighted by molar-refractivity contribution is 5.56. The molecule has 0 bridgehead atoms. The van der Waals surface area contributed by atoms with Crippen LogP contribution in [0.2, 0.25) is 0 Å². The molecule has 10 heteroatoms. The largest absolute Gasteiger partial charge is 0.421 e. The van der Waals surface area contributed by atoms with Gasteiger partial charge in [0.1, 0.15) is 23.1 Å². The molecule has 7 nitrogen and oxygen atoms in total. The standard InChI is InChI=1S/C16H18F3N7/c1-15(2,21)5-6-22-13-12(16(17,18)19)9-24-14(26-13)25-11-4-3-10(7-20)23-8-11/h3-4,8-9H,5-6,21H2,1-2H3,(H2,22,24,25,26). The van der Waals surface area contributed by atoms with Gasteiger partial charge in [-0.3, -0.25) is 0 Å². The summed E-state index contributed by atoms with van der Waals surface area (Å²) in [6.45, 7) is 3.79. The van der Waals surface area contributed by atoms with Crippen LogP contribution >= 0.6 is 0 Å². The van der Waals surface area contributed by atoms with Crippen LogP contribution in [-0.2, 0) is 6.18 Å². The normalized spacial score (nSPS) is 11.7. The van der Waals surface area contributed by atoms with E-state index in [1.165, 1.54) is 12.3 Å². The molecule has 2 rings (SSSR count). The fraction of sp³-hybridized carbons (Fsp3) is 0.375. The van der Waals surface area contributed by atoms with E-state index in [-0.39, 0.29) is 24.0 Å². The number of anilines is 3. The van der Waals surface area contributed by atoms with Crippen LogP contribution in [0.15, 0.2) is 24.5 Å². The van der Waals surface area contributed by atoms with Crippen molar-refractivity contribution in [2.75, 3.05) is 17.2 Å². The first-order valence-electron chi connectivity index (χ1n) is 7.69. The average molecular weight is 365 g/mol. The summed E-state index contributed by atoms with van der Waals surface area (Å²) < 4.78 is 39.4. The topological polar surface area (TPSA) is 113 Å². The molecular formula is C16H18F3N7. The highest BCUT2D eigenvalue weighted by Gasteiger charge is 2.35. The van der Waals surface area contributed by atoms with Gasteiger partial charge in [-0.05, 0) is 32.4 Å². The maximum atomic E-state index is 13.1. The zero-order valence-electron chi connectivity index (χ0n) is 14.2. The molecule has 26 heavy (non-hydrogen) atoms. The third kappa shape index (κ3) is 5.56. The quantitative estimate of drug-likeness (QED) is 0.721. The Kier molecular flexibility index (Phi) is 5.62. The summed E-state index contributed by atoms with van der Waals surface area (Å²) in [5.74, 6) is -0.361. The van der Waals surface area contributed by atoms with Crippen molar-refractivity contribution in [2.24, 2.45) is 5.73 Å². The van der Waals surface area contributed by atoms with E-state index in [0.29, 0.717) is 18.3 Å². The van der Waals surface area contributed by atoms with Crippen molar-refractivity contribution in [3.63, 3.8) is 0 Å². The minimum Gasteiger partial charge on any atom is -0.369 e. The molecule has 0 aliphatic rings. The summed E-state index contributed by atoms with van der Waals surface area (Å²) in [5, 5.41) is 14.1. The number of hydrogen-bond acceptors (Lipinski definition) is 7. The van der Waals surface area contributed by atoms with Crippen LogP contribution in [0.1, 0.15) is 31.5 Å². The Labute approximate surface area is 148 Å². The number of aromatic nitrogens is 3. The van der Waals surface area contributed by atoms with Crippen LogP contribution < -0.4 is 16.4 Å². The minimum absolute atomic E-state index is 0.0287. The lowest BCUT2D eigenvalue weighted by Gasteiger charge is -2.20. The second-order valence-electron chi connectivity index (χ2n) is 6.29. The van der Waals surface area contributed by atoms with E-state index < -0.39 is 17.3 Å². The number of alkyl halides is 3. The maximum Gasteiger partial charge on any atom is 0.421 e. The maximum absolute atomic E-state index is 13.1. The molecule has 0 unspecified atom stereocenters. The van der Waals surface area contributed by atoms with Crippen LogP contribution in [0.5, 0.6) is 0 Å². The number of nitrogens with zero attached hydrogens (tertiary/aromatic N) is 4. The van der Waals surface area contributed by atoms with Gasteiger partial charge in [0.05, 0.1) is 11.9 Å². The number of pyridine rings is 1. The van der Waals surface area contributed by atoms with Gasteiger partial charge in [-0.1, -0.05) is 0 Å². The van der Waals surface area contributed by atoms with Crippen LogP contribution in [0.4, 0.5) is 30.6 Å². The third-order valence-electron chi connectivity index (χ3n) is 3.29. The van der Waals surface area contributed by atoms with Crippen molar-refractivity contribution in [1.29, 1.82) is 5.26 Å². The number of halogens is 3. The predicted octanol–water partition coefficient (Wildman–Crippen LogP) is 3.04. The molecule has 0 aromatic carbocycles. The first-order chi connectivity index (χ1) is 12.1. The summed E-state index contributed by atoms with van der Waals surface area (Å²) in [7, 11) is 0. The molecule has 0 saturated carbocycles. The van der Waals surface area contributed by atoms with Crippen LogP contribution in [0.25, 0.3) is 0 Å². The predicted molar refractivity (Wildman–Crippen MR) is 90.6 cm³/mol. The molecule has 0 saturated heterocycles. The van der Waals surface area contributed by atoms with Crippen molar-refractivity contribution in [1.82, 2.24) is 15.0 Å².